The lowest BCUT2D eigenvalue weighted by Crippen LogP contribution is -2.29. The van der Waals surface area contributed by atoms with Crippen LogP contribution in [0.5, 0.6) is 5.75 Å². The van der Waals surface area contributed by atoms with Crippen molar-refractivity contribution in [1.29, 1.82) is 0 Å². The summed E-state index contributed by atoms with van der Waals surface area (Å²) in [6, 6.07) is 4.66. The van der Waals surface area contributed by atoms with E-state index in [9.17, 15) is 14.7 Å². The highest BCUT2D eigenvalue weighted by Gasteiger charge is 2.43. The van der Waals surface area contributed by atoms with Crippen molar-refractivity contribution < 1.29 is 14.7 Å². The van der Waals surface area contributed by atoms with E-state index in [1.54, 1.807) is 12.1 Å². The number of nitrogens with zero attached hydrogens (tertiary/aromatic N) is 2. The molecule has 2 heterocycles. The van der Waals surface area contributed by atoms with Gasteiger partial charge in [-0.3, -0.25) is 9.59 Å². The van der Waals surface area contributed by atoms with Crippen molar-refractivity contribution >= 4 is 11.6 Å². The number of phenols is 1. The molecule has 5 heteroatoms. The van der Waals surface area contributed by atoms with Crippen molar-refractivity contribution in [2.45, 2.75) is 0 Å². The minimum Gasteiger partial charge on any atom is -0.507 e. The SMILES string of the molecule is O=C1C(N2CC2)=C(N2CC2)C(=O)c2c(O)cccc21. The van der Waals surface area contributed by atoms with Crippen molar-refractivity contribution in [3.63, 3.8) is 0 Å². The van der Waals surface area contributed by atoms with Gasteiger partial charge in [0, 0.05) is 31.7 Å². The first-order valence-corrected chi connectivity index (χ1v) is 6.34. The van der Waals surface area contributed by atoms with Crippen LogP contribution < -0.4 is 0 Å². The summed E-state index contributed by atoms with van der Waals surface area (Å²) in [5, 5.41) is 9.88. The average molecular weight is 256 g/mol. The fourth-order valence-electron chi connectivity index (χ4n) is 2.56. The number of hydrogen-bond acceptors (Lipinski definition) is 5. The quantitative estimate of drug-likeness (QED) is 0.786. The minimum atomic E-state index is -0.230. The molecule has 0 saturated carbocycles. The van der Waals surface area contributed by atoms with Gasteiger partial charge in [0.1, 0.15) is 17.1 Å². The predicted molar refractivity (Wildman–Crippen MR) is 66.9 cm³/mol. The van der Waals surface area contributed by atoms with Crippen LogP contribution in [0.2, 0.25) is 0 Å². The molecule has 5 nitrogen and oxygen atoms in total. The maximum absolute atomic E-state index is 12.6. The van der Waals surface area contributed by atoms with Crippen LogP contribution in [-0.2, 0) is 0 Å². The average Bonchev–Trinajstić information content (AvgIpc) is 3.26. The second kappa shape index (κ2) is 3.38. The Balaban J connectivity index is 1.96. The van der Waals surface area contributed by atoms with E-state index < -0.39 is 0 Å². The van der Waals surface area contributed by atoms with E-state index in [1.165, 1.54) is 6.07 Å². The van der Waals surface area contributed by atoms with Gasteiger partial charge >= 0.3 is 0 Å². The zero-order valence-electron chi connectivity index (χ0n) is 10.2. The number of Topliss-reactive ketones (excluding diaryl/α,β-unsaturated/α-hetero) is 2. The van der Waals surface area contributed by atoms with Gasteiger partial charge in [0.05, 0.1) is 5.56 Å². The molecule has 96 valence electrons. The Labute approximate surface area is 109 Å². The number of carbonyl (C=O) groups is 2. The van der Waals surface area contributed by atoms with E-state index in [2.05, 4.69) is 0 Å². The van der Waals surface area contributed by atoms with Gasteiger partial charge in [0.25, 0.3) is 0 Å². The van der Waals surface area contributed by atoms with Gasteiger partial charge in [-0.05, 0) is 12.1 Å². The van der Waals surface area contributed by atoms with E-state index >= 15 is 0 Å². The van der Waals surface area contributed by atoms with Crippen LogP contribution in [0.1, 0.15) is 20.7 Å². The van der Waals surface area contributed by atoms with E-state index in [-0.39, 0.29) is 22.9 Å². The Bertz CT molecular complexity index is 655. The normalized spacial score (nSPS) is 20.8. The summed E-state index contributed by atoms with van der Waals surface area (Å²) in [5.74, 6) is -0.489. The second-order valence-electron chi connectivity index (χ2n) is 5.03. The molecule has 2 fully saturated rings. The summed E-state index contributed by atoms with van der Waals surface area (Å²) in [5.41, 5.74) is 1.45. The van der Waals surface area contributed by atoms with Gasteiger partial charge in [-0.1, -0.05) is 6.07 Å². The Morgan fingerprint density at radius 3 is 2.05 bits per heavy atom. The van der Waals surface area contributed by atoms with Gasteiger partial charge < -0.3 is 14.9 Å². The number of ketones is 2. The van der Waals surface area contributed by atoms with Crippen molar-refractivity contribution in [1.82, 2.24) is 9.80 Å². The zero-order chi connectivity index (χ0) is 13.1. The molecule has 1 aliphatic carbocycles. The fourth-order valence-corrected chi connectivity index (χ4v) is 2.56. The second-order valence-corrected chi connectivity index (χ2v) is 5.03. The first-order valence-electron chi connectivity index (χ1n) is 6.34. The molecule has 0 radical (unpaired) electrons. The Hall–Kier alpha value is -2.30. The topological polar surface area (TPSA) is 60.4 Å². The Morgan fingerprint density at radius 1 is 0.895 bits per heavy atom. The number of allylic oxidation sites excluding steroid dienone is 2. The predicted octanol–water partition coefficient (Wildman–Crippen LogP) is 0.614. The van der Waals surface area contributed by atoms with E-state index in [4.69, 9.17) is 0 Å². The first kappa shape index (κ1) is 10.6. The monoisotopic (exact) mass is 256 g/mol. The molecule has 0 unspecified atom stereocenters. The molecule has 1 aromatic rings. The third kappa shape index (κ3) is 1.41. The van der Waals surface area contributed by atoms with Crippen molar-refractivity contribution in [2.24, 2.45) is 0 Å². The number of benzene rings is 1. The molecule has 0 spiro atoms. The highest BCUT2D eigenvalue weighted by Crippen LogP contribution is 2.38. The highest BCUT2D eigenvalue weighted by molar-refractivity contribution is 6.27. The molecule has 19 heavy (non-hydrogen) atoms. The summed E-state index contributed by atoms with van der Waals surface area (Å²) in [6.45, 7) is 3.24. The number of phenolic OH excluding ortho intramolecular Hbond substituents is 1. The lowest BCUT2D eigenvalue weighted by atomic mass is 9.89. The van der Waals surface area contributed by atoms with Crippen LogP contribution in [0, 0.1) is 0 Å². The Morgan fingerprint density at radius 2 is 1.47 bits per heavy atom. The van der Waals surface area contributed by atoms with Crippen molar-refractivity contribution in [3.8, 4) is 5.75 Å². The fraction of sp³-hybridized carbons (Fsp3) is 0.286. The smallest absolute Gasteiger partial charge is 0.215 e. The van der Waals surface area contributed by atoms with Gasteiger partial charge in [-0.2, -0.15) is 0 Å². The molecule has 2 saturated heterocycles. The van der Waals surface area contributed by atoms with Crippen LogP contribution in [0.15, 0.2) is 29.6 Å². The number of fused-ring (bicyclic) bond motifs is 1. The molecule has 1 N–H and O–H groups in total. The zero-order valence-corrected chi connectivity index (χ0v) is 10.2. The van der Waals surface area contributed by atoms with E-state index in [0.717, 1.165) is 26.2 Å². The summed E-state index contributed by atoms with van der Waals surface area (Å²) in [6.07, 6.45) is 0. The minimum absolute atomic E-state index is 0.111. The van der Waals surface area contributed by atoms with Crippen molar-refractivity contribution in [3.05, 3.63) is 40.7 Å². The maximum Gasteiger partial charge on any atom is 0.215 e. The molecule has 4 rings (SSSR count). The van der Waals surface area contributed by atoms with Crippen LogP contribution in [-0.4, -0.2) is 52.7 Å². The third-order valence-electron chi connectivity index (χ3n) is 3.70. The van der Waals surface area contributed by atoms with Crippen LogP contribution in [0.4, 0.5) is 0 Å². The van der Waals surface area contributed by atoms with Gasteiger partial charge in [0.2, 0.25) is 11.6 Å². The summed E-state index contributed by atoms with van der Waals surface area (Å²) in [7, 11) is 0. The molecule has 1 aromatic carbocycles. The molecule has 0 amide bonds. The molecule has 3 aliphatic rings. The van der Waals surface area contributed by atoms with E-state index in [0.29, 0.717) is 17.0 Å². The molecule has 0 atom stereocenters. The lowest BCUT2D eigenvalue weighted by Gasteiger charge is -2.23. The van der Waals surface area contributed by atoms with Crippen LogP contribution >= 0.6 is 0 Å². The number of hydrogen-bond donors (Lipinski definition) is 1. The highest BCUT2D eigenvalue weighted by atomic mass is 16.3. The molecule has 2 aliphatic heterocycles. The van der Waals surface area contributed by atoms with E-state index in [1.807, 2.05) is 9.80 Å². The first-order chi connectivity index (χ1) is 9.18. The number of aromatic hydroxyl groups is 1. The van der Waals surface area contributed by atoms with Crippen LogP contribution in [0.25, 0.3) is 0 Å². The number of carbonyl (C=O) groups excluding carboxylic acids is 2. The summed E-state index contributed by atoms with van der Waals surface area (Å²) in [4.78, 5) is 28.9. The summed E-state index contributed by atoms with van der Waals surface area (Å²) < 4.78 is 0. The largest absolute Gasteiger partial charge is 0.507 e. The maximum atomic E-state index is 12.6. The number of rotatable bonds is 2. The van der Waals surface area contributed by atoms with Gasteiger partial charge in [0.15, 0.2) is 0 Å². The standard InChI is InChI=1S/C14H12N2O3/c17-9-3-1-2-8-10(9)14(19)12(16-6-7-16)11(13(8)18)15-4-5-15/h1-3,17H,4-7H2. The summed E-state index contributed by atoms with van der Waals surface area (Å²) >= 11 is 0. The Kier molecular flexibility index (Phi) is 1.88. The molecule has 0 aromatic heterocycles. The molecule has 0 bridgehead atoms. The van der Waals surface area contributed by atoms with Crippen LogP contribution in [0.3, 0.4) is 0 Å². The van der Waals surface area contributed by atoms with Gasteiger partial charge in [-0.25, -0.2) is 0 Å². The molecular formula is C14H12N2O3. The third-order valence-corrected chi connectivity index (χ3v) is 3.70. The molecular weight excluding hydrogens is 244 g/mol. The lowest BCUT2D eigenvalue weighted by molar-refractivity contribution is 0.0943. The van der Waals surface area contributed by atoms with Gasteiger partial charge in [-0.15, -0.1) is 0 Å². The van der Waals surface area contributed by atoms with Crippen molar-refractivity contribution in [2.75, 3.05) is 26.2 Å².